The zero-order chi connectivity index (χ0) is 32.2. The Balaban J connectivity index is 0.000000112. The van der Waals surface area contributed by atoms with E-state index in [0.29, 0.717) is 0 Å². The largest absolute Gasteiger partial charge is 0.0616 e. The van der Waals surface area contributed by atoms with E-state index in [1.54, 1.807) is 0 Å². The molecular formula is C47H38. The minimum atomic E-state index is 1.28. The molecule has 0 nitrogen and oxygen atoms in total. The SMILES string of the molecule is Cc1ccc(-c2ccc3ccccc3c2)cc1.Cc1ccc2c(ccc3ccccc32)c1.Cc1cccc2c1ccc1ccccc12. The number of aryl methyl sites for hydroxylation is 3. The third-order valence-electron chi connectivity index (χ3n) is 9.04. The van der Waals surface area contributed by atoms with Gasteiger partial charge >= 0.3 is 0 Å². The second-order valence-corrected chi connectivity index (χ2v) is 12.4. The number of benzene rings is 9. The quantitative estimate of drug-likeness (QED) is 0.164. The van der Waals surface area contributed by atoms with Crippen LogP contribution in [0.5, 0.6) is 0 Å². The molecular weight excluding hydrogens is 565 g/mol. The number of hydrogen-bond acceptors (Lipinski definition) is 0. The van der Waals surface area contributed by atoms with E-state index < -0.39 is 0 Å². The van der Waals surface area contributed by atoms with Crippen LogP contribution in [0.15, 0.2) is 176 Å². The van der Waals surface area contributed by atoms with Gasteiger partial charge in [-0.25, -0.2) is 0 Å². The topological polar surface area (TPSA) is 0 Å². The van der Waals surface area contributed by atoms with Gasteiger partial charge < -0.3 is 0 Å². The fraction of sp³-hybridized carbons (Fsp3) is 0.0638. The summed E-state index contributed by atoms with van der Waals surface area (Å²) in [6.45, 7) is 6.41. The van der Waals surface area contributed by atoms with E-state index in [1.807, 2.05) is 0 Å². The minimum absolute atomic E-state index is 1.28. The first-order chi connectivity index (χ1) is 23.0. The highest BCUT2D eigenvalue weighted by Gasteiger charge is 2.02. The zero-order valence-electron chi connectivity index (χ0n) is 27.2. The van der Waals surface area contributed by atoms with Gasteiger partial charge in [-0.2, -0.15) is 0 Å². The molecule has 0 amide bonds. The predicted molar refractivity (Wildman–Crippen MR) is 207 cm³/mol. The smallest absolute Gasteiger partial charge is 0.0103 e. The van der Waals surface area contributed by atoms with Crippen molar-refractivity contribution in [2.24, 2.45) is 0 Å². The van der Waals surface area contributed by atoms with E-state index in [2.05, 4.69) is 197 Å². The summed E-state index contributed by atoms with van der Waals surface area (Å²) < 4.78 is 0. The zero-order valence-corrected chi connectivity index (χ0v) is 27.2. The lowest BCUT2D eigenvalue weighted by Gasteiger charge is -2.05. The van der Waals surface area contributed by atoms with Gasteiger partial charge in [-0.3, -0.25) is 0 Å². The summed E-state index contributed by atoms with van der Waals surface area (Å²) in [5.74, 6) is 0. The summed E-state index contributed by atoms with van der Waals surface area (Å²) in [6.07, 6.45) is 0. The number of rotatable bonds is 1. The third-order valence-corrected chi connectivity index (χ3v) is 9.04. The summed E-state index contributed by atoms with van der Waals surface area (Å²) in [4.78, 5) is 0. The average molecular weight is 603 g/mol. The van der Waals surface area contributed by atoms with E-state index in [1.165, 1.54) is 81.7 Å². The van der Waals surface area contributed by atoms with Gasteiger partial charge in [-0.15, -0.1) is 0 Å². The maximum Gasteiger partial charge on any atom is -0.0103 e. The first-order valence-corrected chi connectivity index (χ1v) is 16.3. The van der Waals surface area contributed by atoms with Gasteiger partial charge in [-0.05, 0) is 97.4 Å². The highest BCUT2D eigenvalue weighted by molar-refractivity contribution is 6.09. The van der Waals surface area contributed by atoms with Crippen molar-refractivity contribution in [3.63, 3.8) is 0 Å². The van der Waals surface area contributed by atoms with Crippen molar-refractivity contribution < 1.29 is 0 Å². The van der Waals surface area contributed by atoms with Gasteiger partial charge in [0.15, 0.2) is 0 Å². The van der Waals surface area contributed by atoms with Gasteiger partial charge in [0.1, 0.15) is 0 Å². The monoisotopic (exact) mass is 602 g/mol. The fourth-order valence-corrected chi connectivity index (χ4v) is 6.44. The first kappa shape index (κ1) is 30.0. The molecule has 0 aliphatic carbocycles. The van der Waals surface area contributed by atoms with Crippen LogP contribution in [0.1, 0.15) is 16.7 Å². The van der Waals surface area contributed by atoms with E-state index in [4.69, 9.17) is 0 Å². The Morgan fingerprint density at radius 1 is 0.255 bits per heavy atom. The standard InChI is InChI=1S/C17H14.2C15H12/c1-13-6-8-15(9-7-13)17-11-10-14-4-2-3-5-16(14)12-17;1-11-5-4-8-15-13(11)10-9-12-6-2-3-7-14(12)15;1-11-6-9-15-13(10-11)8-7-12-4-2-3-5-14(12)15/h2-12H,1H3;2*2-10H,1H3. The Bertz CT molecular complexity index is 2480. The second kappa shape index (κ2) is 13.3. The molecule has 0 aliphatic rings. The van der Waals surface area contributed by atoms with Gasteiger partial charge in [0.05, 0.1) is 0 Å². The fourth-order valence-electron chi connectivity index (χ4n) is 6.44. The van der Waals surface area contributed by atoms with Crippen LogP contribution in [-0.4, -0.2) is 0 Å². The van der Waals surface area contributed by atoms with Crippen molar-refractivity contribution in [2.45, 2.75) is 20.8 Å². The maximum absolute atomic E-state index is 2.25. The lowest BCUT2D eigenvalue weighted by Crippen LogP contribution is -1.80. The molecule has 0 saturated carbocycles. The van der Waals surface area contributed by atoms with Crippen molar-refractivity contribution in [3.8, 4) is 11.1 Å². The lowest BCUT2D eigenvalue weighted by atomic mass is 9.99. The van der Waals surface area contributed by atoms with Gasteiger partial charge in [0.2, 0.25) is 0 Å². The van der Waals surface area contributed by atoms with Crippen molar-refractivity contribution >= 4 is 53.9 Å². The second-order valence-electron chi connectivity index (χ2n) is 12.4. The first-order valence-electron chi connectivity index (χ1n) is 16.3. The van der Waals surface area contributed by atoms with Crippen LogP contribution in [0.3, 0.4) is 0 Å². The number of fused-ring (bicyclic) bond motifs is 7. The van der Waals surface area contributed by atoms with E-state index in [0.717, 1.165) is 0 Å². The number of hydrogen-bond donors (Lipinski definition) is 0. The van der Waals surface area contributed by atoms with Crippen LogP contribution in [-0.2, 0) is 0 Å². The Kier molecular flexibility index (Phi) is 8.50. The van der Waals surface area contributed by atoms with E-state index in [9.17, 15) is 0 Å². The molecule has 0 atom stereocenters. The van der Waals surface area contributed by atoms with E-state index in [-0.39, 0.29) is 0 Å². The molecule has 226 valence electrons. The summed E-state index contributed by atoms with van der Waals surface area (Å²) in [7, 11) is 0. The molecule has 47 heavy (non-hydrogen) atoms. The molecule has 0 aliphatic heterocycles. The summed E-state index contributed by atoms with van der Waals surface area (Å²) in [5.41, 5.74) is 6.52. The van der Waals surface area contributed by atoms with Crippen LogP contribution < -0.4 is 0 Å². The molecule has 9 aromatic carbocycles. The lowest BCUT2D eigenvalue weighted by molar-refractivity contribution is 1.47. The molecule has 0 saturated heterocycles. The van der Waals surface area contributed by atoms with Crippen molar-refractivity contribution in [3.05, 3.63) is 193 Å². The average Bonchev–Trinajstić information content (AvgIpc) is 3.12. The molecule has 0 N–H and O–H groups in total. The Hall–Kier alpha value is -5.72. The molecule has 0 spiro atoms. The van der Waals surface area contributed by atoms with Crippen LogP contribution in [0.25, 0.3) is 65.0 Å². The van der Waals surface area contributed by atoms with Crippen LogP contribution >= 0.6 is 0 Å². The van der Waals surface area contributed by atoms with Crippen LogP contribution in [0.2, 0.25) is 0 Å². The predicted octanol–water partition coefficient (Wildman–Crippen LogP) is 13.4. The summed E-state index contributed by atoms with van der Waals surface area (Å²) >= 11 is 0. The van der Waals surface area contributed by atoms with Crippen molar-refractivity contribution in [2.75, 3.05) is 0 Å². The third kappa shape index (κ3) is 6.50. The molecule has 9 aromatic rings. The molecule has 0 radical (unpaired) electrons. The normalized spacial score (nSPS) is 10.9. The summed E-state index contributed by atoms with van der Waals surface area (Å²) in [5, 5.41) is 13.3. The molecule has 0 fully saturated rings. The van der Waals surface area contributed by atoms with Gasteiger partial charge in [0, 0.05) is 0 Å². The van der Waals surface area contributed by atoms with Crippen LogP contribution in [0, 0.1) is 20.8 Å². The van der Waals surface area contributed by atoms with Gasteiger partial charge in [0.25, 0.3) is 0 Å². The Morgan fingerprint density at radius 2 is 0.745 bits per heavy atom. The highest BCUT2D eigenvalue weighted by atomic mass is 14.1. The highest BCUT2D eigenvalue weighted by Crippen LogP contribution is 2.28. The molecule has 0 bridgehead atoms. The van der Waals surface area contributed by atoms with Crippen molar-refractivity contribution in [1.82, 2.24) is 0 Å². The molecule has 9 rings (SSSR count). The Labute approximate surface area is 277 Å². The summed E-state index contributed by atoms with van der Waals surface area (Å²) in [6, 6.07) is 62.8. The molecule has 0 heterocycles. The molecule has 0 heteroatoms. The molecule has 0 aromatic heterocycles. The minimum Gasteiger partial charge on any atom is -0.0616 e. The van der Waals surface area contributed by atoms with E-state index >= 15 is 0 Å². The van der Waals surface area contributed by atoms with Crippen molar-refractivity contribution in [1.29, 1.82) is 0 Å². The molecule has 0 unspecified atom stereocenters. The Morgan fingerprint density at radius 3 is 1.49 bits per heavy atom. The van der Waals surface area contributed by atoms with Gasteiger partial charge in [-0.1, -0.05) is 181 Å². The maximum atomic E-state index is 2.25. The van der Waals surface area contributed by atoms with Crippen LogP contribution in [0.4, 0.5) is 0 Å².